The van der Waals surface area contributed by atoms with Gasteiger partial charge < -0.3 is 20.1 Å². The molecule has 180 valence electrons. The predicted molar refractivity (Wildman–Crippen MR) is 115 cm³/mol. The maximum Gasteiger partial charge on any atom is 0.416 e. The number of hydrogen-bond acceptors (Lipinski definition) is 6. The second-order valence-electron chi connectivity index (χ2n) is 8.85. The Balaban J connectivity index is 1.51. The van der Waals surface area contributed by atoms with Crippen LogP contribution in [0.25, 0.3) is 0 Å². The Morgan fingerprint density at radius 3 is 2.42 bits per heavy atom. The van der Waals surface area contributed by atoms with Crippen molar-refractivity contribution in [2.45, 2.75) is 50.9 Å². The van der Waals surface area contributed by atoms with Crippen LogP contribution in [0.1, 0.15) is 43.2 Å². The van der Waals surface area contributed by atoms with Gasteiger partial charge in [0, 0.05) is 39.0 Å². The molecule has 10 heteroatoms. The molecule has 0 atom stereocenters. The molecule has 2 aliphatic rings. The van der Waals surface area contributed by atoms with Crippen molar-refractivity contribution in [3.8, 4) is 0 Å². The topological polar surface area (TPSA) is 70.5 Å². The number of rotatable bonds is 9. The van der Waals surface area contributed by atoms with E-state index in [-0.39, 0.29) is 36.2 Å². The lowest BCUT2D eigenvalue weighted by Gasteiger charge is -2.37. The molecule has 0 amide bonds. The van der Waals surface area contributed by atoms with Crippen molar-refractivity contribution < 1.29 is 27.4 Å². The summed E-state index contributed by atoms with van der Waals surface area (Å²) >= 11 is 0. The minimum atomic E-state index is -4.40. The van der Waals surface area contributed by atoms with Gasteiger partial charge >= 0.3 is 6.18 Å². The van der Waals surface area contributed by atoms with Crippen LogP contribution in [0, 0.1) is 11.2 Å². The first-order valence-electron chi connectivity index (χ1n) is 11.2. The number of aliphatic hydroxyl groups excluding tert-OH is 1. The van der Waals surface area contributed by atoms with Crippen molar-refractivity contribution in [3.63, 3.8) is 0 Å². The summed E-state index contributed by atoms with van der Waals surface area (Å²) in [6.45, 7) is 1.94. The number of aliphatic hydroxyl groups is 1. The van der Waals surface area contributed by atoms with Crippen molar-refractivity contribution in [1.82, 2.24) is 9.97 Å². The number of halogens is 4. The monoisotopic (exact) mass is 468 g/mol. The molecule has 1 aromatic heterocycles. The van der Waals surface area contributed by atoms with E-state index in [2.05, 4.69) is 15.3 Å². The van der Waals surface area contributed by atoms with E-state index in [9.17, 15) is 18.3 Å². The summed E-state index contributed by atoms with van der Waals surface area (Å²) in [6, 6.07) is 5.00. The van der Waals surface area contributed by atoms with Crippen LogP contribution in [-0.4, -0.2) is 47.5 Å². The Morgan fingerprint density at radius 1 is 1.12 bits per heavy atom. The molecule has 33 heavy (non-hydrogen) atoms. The Morgan fingerprint density at radius 2 is 1.82 bits per heavy atom. The molecular formula is C23H28F4N4O2. The number of nitrogens with one attached hydrogen (secondary N) is 1. The molecule has 6 nitrogen and oxygen atoms in total. The van der Waals surface area contributed by atoms with E-state index in [0.717, 1.165) is 37.8 Å². The third kappa shape index (κ3) is 5.73. The smallest absolute Gasteiger partial charge is 0.396 e. The molecule has 0 bridgehead atoms. The van der Waals surface area contributed by atoms with Gasteiger partial charge in [-0.3, -0.25) is 0 Å². The molecule has 1 aliphatic heterocycles. The summed E-state index contributed by atoms with van der Waals surface area (Å²) < 4.78 is 59.5. The summed E-state index contributed by atoms with van der Waals surface area (Å²) in [6.07, 6.45) is 0.756. The normalized spacial score (nSPS) is 18.2. The van der Waals surface area contributed by atoms with Gasteiger partial charge in [-0.2, -0.15) is 17.6 Å². The van der Waals surface area contributed by atoms with Gasteiger partial charge in [0.25, 0.3) is 0 Å². The Labute approximate surface area is 190 Å². The fourth-order valence-corrected chi connectivity index (χ4v) is 4.27. The fourth-order valence-electron chi connectivity index (χ4n) is 4.27. The van der Waals surface area contributed by atoms with Gasteiger partial charge in [-0.1, -0.05) is 12.1 Å². The minimum absolute atomic E-state index is 0.0434. The number of nitrogens with zero attached hydrogens (tertiary/aromatic N) is 3. The lowest BCUT2D eigenvalue weighted by molar-refractivity contribution is -0.137. The molecule has 4 rings (SSSR count). The van der Waals surface area contributed by atoms with E-state index in [0.29, 0.717) is 31.7 Å². The highest BCUT2D eigenvalue weighted by Gasteiger charge is 2.35. The van der Waals surface area contributed by atoms with Crippen LogP contribution in [-0.2, 0) is 17.5 Å². The number of alkyl halides is 3. The molecular weight excluding hydrogens is 440 g/mol. The summed E-state index contributed by atoms with van der Waals surface area (Å²) in [5.41, 5.74) is -0.263. The van der Waals surface area contributed by atoms with Crippen LogP contribution < -0.4 is 10.2 Å². The van der Waals surface area contributed by atoms with Crippen LogP contribution >= 0.6 is 0 Å². The highest BCUT2D eigenvalue weighted by Crippen LogP contribution is 2.37. The first-order chi connectivity index (χ1) is 15.8. The van der Waals surface area contributed by atoms with Crippen LogP contribution in [0.5, 0.6) is 0 Å². The molecule has 1 aliphatic carbocycles. The Bertz CT molecular complexity index is 924. The van der Waals surface area contributed by atoms with Gasteiger partial charge in [-0.15, -0.1) is 0 Å². The molecule has 1 saturated carbocycles. The lowest BCUT2D eigenvalue weighted by Crippen LogP contribution is -2.37. The zero-order valence-electron chi connectivity index (χ0n) is 18.2. The van der Waals surface area contributed by atoms with E-state index in [4.69, 9.17) is 4.74 Å². The van der Waals surface area contributed by atoms with Crippen LogP contribution in [0.3, 0.4) is 0 Å². The van der Waals surface area contributed by atoms with Gasteiger partial charge in [-0.05, 0) is 55.2 Å². The molecule has 0 unspecified atom stereocenters. The number of hydrogen-bond donors (Lipinski definition) is 2. The van der Waals surface area contributed by atoms with Gasteiger partial charge in [0.15, 0.2) is 11.6 Å². The summed E-state index contributed by atoms with van der Waals surface area (Å²) in [5.74, 6) is -0.359. The van der Waals surface area contributed by atoms with Crippen molar-refractivity contribution in [3.05, 3.63) is 47.5 Å². The predicted octanol–water partition coefficient (Wildman–Crippen LogP) is 4.39. The number of benzene rings is 1. The maximum absolute atomic E-state index is 15.4. The largest absolute Gasteiger partial charge is 0.416 e. The van der Waals surface area contributed by atoms with Crippen molar-refractivity contribution >= 4 is 11.6 Å². The second-order valence-corrected chi connectivity index (χ2v) is 8.85. The van der Waals surface area contributed by atoms with E-state index in [1.54, 1.807) is 4.90 Å². The third-order valence-corrected chi connectivity index (χ3v) is 6.49. The molecule has 0 radical (unpaired) electrons. The summed E-state index contributed by atoms with van der Waals surface area (Å²) in [4.78, 5) is 10.0. The first kappa shape index (κ1) is 23.7. The standard InChI is InChI=1S/C23H28F4N4O2/c24-19-20(28-14-22(7-10-32)8-11-33-12-9-22)29-15-30-21(19)31(18-5-6-18)13-16-1-3-17(4-2-16)23(25,26)27/h1-4,15,18,32H,5-14H2,(H,28,29,30). The molecule has 1 saturated heterocycles. The molecule has 1 aromatic carbocycles. The van der Waals surface area contributed by atoms with E-state index < -0.39 is 17.6 Å². The van der Waals surface area contributed by atoms with Gasteiger partial charge in [0.1, 0.15) is 6.33 Å². The summed E-state index contributed by atoms with van der Waals surface area (Å²) in [7, 11) is 0. The molecule has 2 N–H and O–H groups in total. The fraction of sp³-hybridized carbons (Fsp3) is 0.565. The minimum Gasteiger partial charge on any atom is -0.396 e. The van der Waals surface area contributed by atoms with Crippen LogP contribution in [0.2, 0.25) is 0 Å². The van der Waals surface area contributed by atoms with E-state index in [1.807, 2.05) is 0 Å². The second kappa shape index (κ2) is 9.80. The average molecular weight is 468 g/mol. The van der Waals surface area contributed by atoms with Gasteiger partial charge in [-0.25, -0.2) is 9.97 Å². The van der Waals surface area contributed by atoms with Crippen molar-refractivity contribution in [2.24, 2.45) is 5.41 Å². The Hall–Kier alpha value is -2.46. The van der Waals surface area contributed by atoms with Crippen molar-refractivity contribution in [1.29, 1.82) is 0 Å². The molecule has 2 aromatic rings. The Kier molecular flexibility index (Phi) is 7.04. The maximum atomic E-state index is 15.4. The zero-order valence-corrected chi connectivity index (χ0v) is 18.2. The van der Waals surface area contributed by atoms with Crippen LogP contribution in [0.4, 0.5) is 29.2 Å². The number of anilines is 2. The van der Waals surface area contributed by atoms with Crippen LogP contribution in [0.15, 0.2) is 30.6 Å². The highest BCUT2D eigenvalue weighted by molar-refractivity contribution is 5.52. The number of ether oxygens (including phenoxy) is 1. The van der Waals surface area contributed by atoms with E-state index in [1.165, 1.54) is 18.5 Å². The zero-order chi connectivity index (χ0) is 23.5. The average Bonchev–Trinajstić information content (AvgIpc) is 3.63. The van der Waals surface area contributed by atoms with Gasteiger partial charge in [0.2, 0.25) is 5.82 Å². The molecule has 2 heterocycles. The summed E-state index contributed by atoms with van der Waals surface area (Å²) in [5, 5.41) is 12.6. The molecule has 0 spiro atoms. The third-order valence-electron chi connectivity index (χ3n) is 6.49. The van der Waals surface area contributed by atoms with Gasteiger partial charge in [0.05, 0.1) is 5.56 Å². The SMILES string of the molecule is OCCC1(CNc2ncnc(N(Cc3ccc(C(F)(F)F)cc3)C3CC3)c2F)CCOCC1. The van der Waals surface area contributed by atoms with Crippen molar-refractivity contribution in [2.75, 3.05) is 36.6 Å². The highest BCUT2D eigenvalue weighted by atomic mass is 19.4. The van der Waals surface area contributed by atoms with E-state index >= 15 is 4.39 Å². The number of aromatic nitrogens is 2. The molecule has 2 fully saturated rings. The lowest BCUT2D eigenvalue weighted by atomic mass is 9.77. The first-order valence-corrected chi connectivity index (χ1v) is 11.2. The quantitative estimate of drug-likeness (QED) is 0.532.